The minimum absolute atomic E-state index is 0.00263. The van der Waals surface area contributed by atoms with Crippen LogP contribution in [0.15, 0.2) is 112 Å². The number of amides is 1. The number of aromatic nitrogens is 1. The van der Waals surface area contributed by atoms with E-state index < -0.39 is 16.0 Å². The van der Waals surface area contributed by atoms with E-state index in [1.807, 2.05) is 43.3 Å². The van der Waals surface area contributed by atoms with Crippen LogP contribution in [0.25, 0.3) is 43.4 Å². The number of rotatable bonds is 6. The minimum atomic E-state index is -4.40. The molecule has 0 aliphatic rings. The quantitative estimate of drug-likeness (QED) is 0.107. The first-order chi connectivity index (χ1) is 22.1. The molecule has 0 spiro atoms. The lowest BCUT2D eigenvalue weighted by Crippen LogP contribution is -2.13. The van der Waals surface area contributed by atoms with Gasteiger partial charge in [0.1, 0.15) is 11.4 Å². The molecule has 46 heavy (non-hydrogen) atoms. The van der Waals surface area contributed by atoms with Crippen LogP contribution in [0.1, 0.15) is 15.9 Å². The molecule has 4 N–H and O–H groups in total. The van der Waals surface area contributed by atoms with Gasteiger partial charge in [-0.2, -0.15) is 8.42 Å². The number of hydrogen-bond donors (Lipinski definition) is 4. The van der Waals surface area contributed by atoms with Crippen molar-refractivity contribution < 1.29 is 27.6 Å². The second-order valence-electron chi connectivity index (χ2n) is 10.8. The maximum Gasteiger partial charge on any atom is 0.294 e. The first-order valence-corrected chi connectivity index (χ1v) is 15.6. The number of anilines is 1. The topological polar surface area (TPSA) is 153 Å². The summed E-state index contributed by atoms with van der Waals surface area (Å²) in [5.74, 6) is -0.250. The molecule has 0 saturated heterocycles. The Labute approximate surface area is 262 Å². The number of aromatic amines is 1. The number of fused-ring (bicyclic) bond motifs is 6. The molecule has 0 aliphatic heterocycles. The molecule has 7 aromatic rings. The molecule has 1 aromatic heterocycles. The minimum Gasteiger partial charge on any atom is -0.505 e. The van der Waals surface area contributed by atoms with Crippen LogP contribution in [0.5, 0.6) is 11.5 Å². The number of phenols is 1. The van der Waals surface area contributed by atoms with Gasteiger partial charge in [-0.15, -0.1) is 10.2 Å². The van der Waals surface area contributed by atoms with Crippen molar-refractivity contribution in [3.63, 3.8) is 0 Å². The molecule has 11 heteroatoms. The van der Waals surface area contributed by atoms with Gasteiger partial charge in [-0.05, 0) is 71.8 Å². The number of para-hydroxylation sites is 1. The summed E-state index contributed by atoms with van der Waals surface area (Å²) in [6.07, 6.45) is 0. The van der Waals surface area contributed by atoms with Crippen LogP contribution in [0.2, 0.25) is 0 Å². The number of phenolic OH excluding ortho intramolecular Hbond substituents is 1. The average Bonchev–Trinajstić information content (AvgIpc) is 3.43. The normalized spacial score (nSPS) is 12.1. The number of aryl methyl sites for hydroxylation is 1. The summed E-state index contributed by atoms with van der Waals surface area (Å²) in [4.78, 5) is 16.8. The number of hydrogen-bond acceptors (Lipinski definition) is 7. The van der Waals surface area contributed by atoms with Crippen molar-refractivity contribution in [1.29, 1.82) is 0 Å². The van der Waals surface area contributed by atoms with E-state index in [1.165, 1.54) is 18.2 Å². The summed E-state index contributed by atoms with van der Waals surface area (Å²) in [7, 11) is -2.84. The summed E-state index contributed by atoms with van der Waals surface area (Å²) in [5, 5.41) is 27.8. The van der Waals surface area contributed by atoms with E-state index in [-0.39, 0.29) is 21.9 Å². The highest BCUT2D eigenvalue weighted by Gasteiger charge is 2.22. The Kier molecular flexibility index (Phi) is 6.92. The van der Waals surface area contributed by atoms with Gasteiger partial charge in [0, 0.05) is 32.7 Å². The monoisotopic (exact) mass is 630 g/mol. The molecule has 0 unspecified atom stereocenters. The SMILES string of the molecule is COc1ccc(NC(=O)c2cc3ccc4c5ccccc5[nH]c4c3c(N=Nc3cccc4cc(S(=O)(=O)O)ccc34)c2O)c(C)c1. The number of H-pyrrole nitrogens is 1. The zero-order valence-corrected chi connectivity index (χ0v) is 25.4. The van der Waals surface area contributed by atoms with Crippen molar-refractivity contribution in [3.05, 3.63) is 108 Å². The summed E-state index contributed by atoms with van der Waals surface area (Å²) in [5.41, 5.74) is 3.42. The van der Waals surface area contributed by atoms with Crippen LogP contribution in [0.4, 0.5) is 17.1 Å². The highest BCUT2D eigenvalue weighted by atomic mass is 32.2. The predicted molar refractivity (Wildman–Crippen MR) is 179 cm³/mol. The fraction of sp³-hybridized carbons (Fsp3) is 0.0571. The zero-order chi connectivity index (χ0) is 32.2. The third-order valence-electron chi connectivity index (χ3n) is 8.04. The Morgan fingerprint density at radius 2 is 1.65 bits per heavy atom. The summed E-state index contributed by atoms with van der Waals surface area (Å²) >= 11 is 0. The summed E-state index contributed by atoms with van der Waals surface area (Å²) in [6.45, 7) is 1.84. The summed E-state index contributed by atoms with van der Waals surface area (Å²) < 4.78 is 38.2. The molecule has 0 fully saturated rings. The Hall–Kier alpha value is -5.78. The van der Waals surface area contributed by atoms with E-state index in [4.69, 9.17) is 4.74 Å². The largest absolute Gasteiger partial charge is 0.505 e. The third kappa shape index (κ3) is 4.97. The lowest BCUT2D eigenvalue weighted by Gasteiger charge is -2.13. The van der Waals surface area contributed by atoms with Crippen molar-refractivity contribution in [3.8, 4) is 11.5 Å². The van der Waals surface area contributed by atoms with Crippen molar-refractivity contribution in [2.75, 3.05) is 12.4 Å². The standard InChI is InChI=1S/C35H26N4O6S/c1-19-16-22(45-2)11-15-28(19)37-35(41)27-18-21-10-13-26-25-7-3-4-8-29(25)36-32(26)31(21)33(34(27)40)39-38-30-9-5-6-20-17-23(46(42,43)44)12-14-24(20)30/h3-18,36,40H,1-2H3,(H,37,41)(H,42,43,44). The molecule has 1 heterocycles. The number of nitrogens with one attached hydrogen (secondary N) is 2. The van der Waals surface area contributed by atoms with Gasteiger partial charge >= 0.3 is 0 Å². The van der Waals surface area contributed by atoms with Crippen LogP contribution in [0, 0.1) is 6.92 Å². The van der Waals surface area contributed by atoms with Crippen molar-refractivity contribution in [2.24, 2.45) is 10.2 Å². The van der Waals surface area contributed by atoms with E-state index in [0.29, 0.717) is 38.7 Å². The van der Waals surface area contributed by atoms with E-state index >= 15 is 0 Å². The number of ether oxygens (including phenoxy) is 1. The predicted octanol–water partition coefficient (Wildman–Crippen LogP) is 8.56. The molecule has 0 atom stereocenters. The smallest absolute Gasteiger partial charge is 0.294 e. The van der Waals surface area contributed by atoms with Crippen molar-refractivity contribution >= 4 is 76.4 Å². The van der Waals surface area contributed by atoms with Gasteiger partial charge in [0.2, 0.25) is 0 Å². The maximum atomic E-state index is 13.7. The van der Waals surface area contributed by atoms with E-state index in [2.05, 4.69) is 20.5 Å². The number of carbonyl (C=O) groups excluding carboxylic acids is 1. The zero-order valence-electron chi connectivity index (χ0n) is 24.6. The van der Waals surface area contributed by atoms with Gasteiger partial charge in [0.25, 0.3) is 16.0 Å². The molecular formula is C35H26N4O6S. The number of aromatic hydroxyl groups is 1. The molecule has 10 nitrogen and oxygen atoms in total. The van der Waals surface area contributed by atoms with Crippen LogP contribution in [-0.4, -0.2) is 36.1 Å². The Balaban J connectivity index is 1.42. The fourth-order valence-corrected chi connectivity index (χ4v) is 6.26. The highest BCUT2D eigenvalue weighted by Crippen LogP contribution is 2.44. The van der Waals surface area contributed by atoms with E-state index in [1.54, 1.807) is 49.6 Å². The lowest BCUT2D eigenvalue weighted by molar-refractivity contribution is 0.102. The molecule has 1 amide bonds. The molecule has 0 saturated carbocycles. The lowest BCUT2D eigenvalue weighted by atomic mass is 10.00. The molecule has 0 radical (unpaired) electrons. The number of nitrogens with zero attached hydrogens (tertiary/aromatic N) is 2. The highest BCUT2D eigenvalue weighted by molar-refractivity contribution is 7.85. The van der Waals surface area contributed by atoms with E-state index in [0.717, 1.165) is 27.4 Å². The number of carbonyl (C=O) groups is 1. The van der Waals surface area contributed by atoms with Crippen molar-refractivity contribution in [1.82, 2.24) is 4.98 Å². The van der Waals surface area contributed by atoms with Gasteiger partial charge in [-0.3, -0.25) is 9.35 Å². The number of methoxy groups -OCH3 is 1. The average molecular weight is 631 g/mol. The molecule has 6 aromatic carbocycles. The van der Waals surface area contributed by atoms with Crippen LogP contribution in [-0.2, 0) is 10.1 Å². The third-order valence-corrected chi connectivity index (χ3v) is 8.89. The van der Waals surface area contributed by atoms with Crippen molar-refractivity contribution in [2.45, 2.75) is 11.8 Å². The molecule has 0 aliphatic carbocycles. The van der Waals surface area contributed by atoms with Gasteiger partial charge in [-0.1, -0.05) is 48.5 Å². The fourth-order valence-electron chi connectivity index (χ4n) is 5.74. The second kappa shape index (κ2) is 11.0. The van der Waals surface area contributed by atoms with Gasteiger partial charge in [0.15, 0.2) is 5.75 Å². The number of benzene rings is 6. The van der Waals surface area contributed by atoms with Gasteiger partial charge < -0.3 is 20.1 Å². The first kappa shape index (κ1) is 29.0. The second-order valence-corrected chi connectivity index (χ2v) is 12.3. The van der Waals surface area contributed by atoms with Gasteiger partial charge in [0.05, 0.1) is 28.8 Å². The van der Waals surface area contributed by atoms with Crippen LogP contribution < -0.4 is 10.1 Å². The molecule has 228 valence electrons. The molecule has 0 bridgehead atoms. The Morgan fingerprint density at radius 3 is 2.43 bits per heavy atom. The maximum absolute atomic E-state index is 13.7. The van der Waals surface area contributed by atoms with Crippen LogP contribution in [0.3, 0.4) is 0 Å². The molecular weight excluding hydrogens is 604 g/mol. The van der Waals surface area contributed by atoms with E-state index in [9.17, 15) is 22.9 Å². The number of azo groups is 1. The van der Waals surface area contributed by atoms with Crippen LogP contribution >= 0.6 is 0 Å². The summed E-state index contributed by atoms with van der Waals surface area (Å²) in [6, 6.07) is 27.8. The van der Waals surface area contributed by atoms with Gasteiger partial charge in [-0.25, -0.2) is 0 Å². The Morgan fingerprint density at radius 1 is 0.848 bits per heavy atom. The Bertz CT molecular complexity index is 2520. The molecule has 7 rings (SSSR count). The first-order valence-electron chi connectivity index (χ1n) is 14.2.